The molecule has 0 saturated carbocycles. The molecule has 0 fully saturated rings. The standard InChI is InChI=1S/C15H19FN2O/c1-15(2,3)18-9-8-17-12(19)7-5-10-4-6-11(16)14(18)13(10)17/h4,6H,5,7-9H2,1-3H3. The van der Waals surface area contributed by atoms with Gasteiger partial charge in [-0.15, -0.1) is 0 Å². The van der Waals surface area contributed by atoms with Crippen LogP contribution in [0.15, 0.2) is 12.1 Å². The smallest absolute Gasteiger partial charge is 0.227 e. The summed E-state index contributed by atoms with van der Waals surface area (Å²) in [5, 5.41) is 0. The molecule has 1 aromatic rings. The topological polar surface area (TPSA) is 23.6 Å². The van der Waals surface area contributed by atoms with Crippen molar-refractivity contribution in [3.63, 3.8) is 0 Å². The molecule has 1 amide bonds. The number of benzene rings is 1. The highest BCUT2D eigenvalue weighted by Crippen LogP contribution is 2.43. The molecule has 19 heavy (non-hydrogen) atoms. The van der Waals surface area contributed by atoms with Crippen molar-refractivity contribution in [1.29, 1.82) is 0 Å². The minimum Gasteiger partial charge on any atom is -0.361 e. The van der Waals surface area contributed by atoms with Gasteiger partial charge in [0.15, 0.2) is 0 Å². The van der Waals surface area contributed by atoms with Gasteiger partial charge in [0.05, 0.1) is 11.4 Å². The highest BCUT2D eigenvalue weighted by molar-refractivity contribution is 6.01. The first kappa shape index (κ1) is 12.5. The van der Waals surface area contributed by atoms with E-state index >= 15 is 0 Å². The molecule has 102 valence electrons. The minimum absolute atomic E-state index is 0.118. The Morgan fingerprint density at radius 2 is 1.84 bits per heavy atom. The first-order valence-corrected chi connectivity index (χ1v) is 6.79. The Kier molecular flexibility index (Phi) is 2.59. The van der Waals surface area contributed by atoms with Gasteiger partial charge in [-0.2, -0.15) is 0 Å². The van der Waals surface area contributed by atoms with Gasteiger partial charge in [-0.3, -0.25) is 4.79 Å². The number of hydrogen-bond donors (Lipinski definition) is 0. The van der Waals surface area contributed by atoms with Crippen LogP contribution in [0, 0.1) is 5.82 Å². The van der Waals surface area contributed by atoms with Crippen LogP contribution < -0.4 is 9.80 Å². The van der Waals surface area contributed by atoms with E-state index < -0.39 is 0 Å². The minimum atomic E-state index is -0.229. The highest BCUT2D eigenvalue weighted by Gasteiger charge is 2.37. The molecular formula is C15H19FN2O. The number of amides is 1. The number of anilines is 2. The molecule has 3 rings (SSSR count). The lowest BCUT2D eigenvalue weighted by Crippen LogP contribution is -2.52. The molecule has 3 nitrogen and oxygen atoms in total. The molecule has 2 aliphatic rings. The van der Waals surface area contributed by atoms with E-state index in [9.17, 15) is 9.18 Å². The number of aryl methyl sites for hydroxylation is 1. The summed E-state index contributed by atoms with van der Waals surface area (Å²) < 4.78 is 14.3. The van der Waals surface area contributed by atoms with Crippen molar-refractivity contribution in [3.8, 4) is 0 Å². The maximum atomic E-state index is 14.3. The van der Waals surface area contributed by atoms with Crippen LogP contribution in [-0.2, 0) is 11.2 Å². The molecule has 4 heteroatoms. The van der Waals surface area contributed by atoms with E-state index in [0.717, 1.165) is 17.7 Å². The average Bonchev–Trinajstić information content (AvgIpc) is 2.35. The molecule has 1 aromatic carbocycles. The van der Waals surface area contributed by atoms with Crippen LogP contribution >= 0.6 is 0 Å². The number of carbonyl (C=O) groups is 1. The lowest BCUT2D eigenvalue weighted by Gasteiger charge is -2.46. The number of carbonyl (C=O) groups excluding carboxylic acids is 1. The quantitative estimate of drug-likeness (QED) is 0.717. The normalized spacial score (nSPS) is 18.6. The molecule has 0 aromatic heterocycles. The molecular weight excluding hydrogens is 243 g/mol. The van der Waals surface area contributed by atoms with Gasteiger partial charge in [-0.1, -0.05) is 6.07 Å². The van der Waals surface area contributed by atoms with Crippen molar-refractivity contribution in [2.75, 3.05) is 22.9 Å². The number of hydrogen-bond acceptors (Lipinski definition) is 2. The second-order valence-corrected chi connectivity index (χ2v) is 6.27. The summed E-state index contributed by atoms with van der Waals surface area (Å²) in [6, 6.07) is 3.35. The number of halogens is 1. The summed E-state index contributed by atoms with van der Waals surface area (Å²) in [6.45, 7) is 7.56. The predicted octanol–water partition coefficient (Wildman–Crippen LogP) is 2.72. The Labute approximate surface area is 113 Å². The molecule has 0 spiro atoms. The van der Waals surface area contributed by atoms with E-state index in [1.807, 2.05) is 6.07 Å². The SMILES string of the molecule is CC(C)(C)N1CCN2C(=O)CCc3ccc(F)c1c32. The molecule has 0 saturated heterocycles. The summed E-state index contributed by atoms with van der Waals surface area (Å²) in [4.78, 5) is 15.9. The van der Waals surface area contributed by atoms with E-state index in [2.05, 4.69) is 25.7 Å². The van der Waals surface area contributed by atoms with E-state index in [1.165, 1.54) is 6.07 Å². The third-order valence-corrected chi connectivity index (χ3v) is 3.99. The first-order chi connectivity index (χ1) is 8.89. The van der Waals surface area contributed by atoms with Crippen molar-refractivity contribution in [1.82, 2.24) is 0 Å². The van der Waals surface area contributed by atoms with Gasteiger partial charge in [0, 0.05) is 25.0 Å². The van der Waals surface area contributed by atoms with Crippen molar-refractivity contribution >= 4 is 17.3 Å². The zero-order valence-corrected chi connectivity index (χ0v) is 11.7. The zero-order chi connectivity index (χ0) is 13.8. The molecule has 2 aliphatic heterocycles. The van der Waals surface area contributed by atoms with Gasteiger partial charge in [-0.25, -0.2) is 4.39 Å². The van der Waals surface area contributed by atoms with Crippen LogP contribution in [-0.4, -0.2) is 24.5 Å². The van der Waals surface area contributed by atoms with Gasteiger partial charge in [0.25, 0.3) is 0 Å². The van der Waals surface area contributed by atoms with Crippen LogP contribution in [0.5, 0.6) is 0 Å². The lowest BCUT2D eigenvalue weighted by atomic mass is 9.94. The fourth-order valence-electron chi connectivity index (χ4n) is 3.08. The predicted molar refractivity (Wildman–Crippen MR) is 74.2 cm³/mol. The molecule has 0 bridgehead atoms. The third kappa shape index (κ3) is 1.81. The maximum Gasteiger partial charge on any atom is 0.227 e. The van der Waals surface area contributed by atoms with Crippen molar-refractivity contribution < 1.29 is 9.18 Å². The first-order valence-electron chi connectivity index (χ1n) is 6.79. The Morgan fingerprint density at radius 3 is 2.53 bits per heavy atom. The molecule has 0 N–H and O–H groups in total. The summed E-state index contributed by atoms with van der Waals surface area (Å²) >= 11 is 0. The number of rotatable bonds is 0. The van der Waals surface area contributed by atoms with Gasteiger partial charge in [0.1, 0.15) is 5.82 Å². The lowest BCUT2D eigenvalue weighted by molar-refractivity contribution is -0.118. The summed E-state index contributed by atoms with van der Waals surface area (Å²) in [5.41, 5.74) is 2.34. The van der Waals surface area contributed by atoms with Gasteiger partial charge >= 0.3 is 0 Å². The summed E-state index contributed by atoms with van der Waals surface area (Å²) in [6.07, 6.45) is 1.25. The Hall–Kier alpha value is -1.58. The largest absolute Gasteiger partial charge is 0.361 e. The van der Waals surface area contributed by atoms with Crippen LogP contribution in [0.3, 0.4) is 0 Å². The van der Waals surface area contributed by atoms with E-state index in [4.69, 9.17) is 0 Å². The molecule has 0 atom stereocenters. The van der Waals surface area contributed by atoms with Crippen LogP contribution in [0.1, 0.15) is 32.8 Å². The van der Waals surface area contributed by atoms with Crippen molar-refractivity contribution in [3.05, 3.63) is 23.5 Å². The second-order valence-electron chi connectivity index (χ2n) is 6.27. The summed E-state index contributed by atoms with van der Waals surface area (Å²) in [5.74, 6) is -0.110. The van der Waals surface area contributed by atoms with Gasteiger partial charge < -0.3 is 9.80 Å². The summed E-state index contributed by atoms with van der Waals surface area (Å²) in [7, 11) is 0. The fraction of sp³-hybridized carbons (Fsp3) is 0.533. The van der Waals surface area contributed by atoms with Crippen LogP contribution in [0.2, 0.25) is 0 Å². The zero-order valence-electron chi connectivity index (χ0n) is 11.7. The van der Waals surface area contributed by atoms with Crippen molar-refractivity contribution in [2.24, 2.45) is 0 Å². The van der Waals surface area contributed by atoms with E-state index in [-0.39, 0.29) is 17.3 Å². The fourth-order valence-corrected chi connectivity index (χ4v) is 3.08. The van der Waals surface area contributed by atoms with Crippen LogP contribution in [0.25, 0.3) is 0 Å². The van der Waals surface area contributed by atoms with Crippen molar-refractivity contribution in [2.45, 2.75) is 39.2 Å². The highest BCUT2D eigenvalue weighted by atomic mass is 19.1. The van der Waals surface area contributed by atoms with E-state index in [1.54, 1.807) is 4.90 Å². The maximum absolute atomic E-state index is 14.3. The van der Waals surface area contributed by atoms with E-state index in [0.29, 0.717) is 25.2 Å². The molecule has 0 radical (unpaired) electrons. The van der Waals surface area contributed by atoms with Crippen LogP contribution in [0.4, 0.5) is 15.8 Å². The van der Waals surface area contributed by atoms with Gasteiger partial charge in [0.2, 0.25) is 5.91 Å². The second kappa shape index (κ2) is 3.95. The molecule has 2 heterocycles. The molecule has 0 aliphatic carbocycles. The number of nitrogens with zero attached hydrogens (tertiary/aromatic N) is 2. The monoisotopic (exact) mass is 262 g/mol. The molecule has 0 unspecified atom stereocenters. The Morgan fingerprint density at radius 1 is 1.11 bits per heavy atom. The average molecular weight is 262 g/mol. The van der Waals surface area contributed by atoms with Gasteiger partial charge in [-0.05, 0) is 38.8 Å². The third-order valence-electron chi connectivity index (χ3n) is 3.99. The Bertz CT molecular complexity index is 548. The Balaban J connectivity index is 2.23.